The highest BCUT2D eigenvalue weighted by Gasteiger charge is 2.21. The van der Waals surface area contributed by atoms with Crippen molar-refractivity contribution in [1.29, 1.82) is 0 Å². The normalized spacial score (nSPS) is 11.4. The molecule has 0 saturated carbocycles. The van der Waals surface area contributed by atoms with Gasteiger partial charge in [0, 0.05) is 11.3 Å². The molecule has 0 radical (unpaired) electrons. The van der Waals surface area contributed by atoms with E-state index in [0.717, 1.165) is 24.0 Å². The summed E-state index contributed by atoms with van der Waals surface area (Å²) in [7, 11) is 0. The van der Waals surface area contributed by atoms with Crippen LogP contribution in [-0.4, -0.2) is 17.7 Å². The lowest BCUT2D eigenvalue weighted by molar-refractivity contribution is -0.136. The lowest BCUT2D eigenvalue weighted by Crippen LogP contribution is -2.38. The van der Waals surface area contributed by atoms with E-state index in [9.17, 15) is 14.4 Å². The molecule has 0 aliphatic heterocycles. The van der Waals surface area contributed by atoms with Gasteiger partial charge in [-0.25, -0.2) is 0 Å². The van der Waals surface area contributed by atoms with E-state index in [-0.39, 0.29) is 11.6 Å². The zero-order valence-electron chi connectivity index (χ0n) is 18.0. The van der Waals surface area contributed by atoms with Crippen LogP contribution < -0.4 is 16.4 Å². The van der Waals surface area contributed by atoms with E-state index in [1.807, 2.05) is 48.5 Å². The first-order chi connectivity index (χ1) is 15.4. The molecule has 0 aliphatic rings. The highest BCUT2D eigenvalue weighted by molar-refractivity contribution is 6.39. The van der Waals surface area contributed by atoms with Gasteiger partial charge in [-0.3, -0.25) is 14.4 Å². The first-order valence-corrected chi connectivity index (χ1v) is 10.5. The first-order valence-electron chi connectivity index (χ1n) is 10.5. The second-order valence-corrected chi connectivity index (χ2v) is 7.66. The van der Waals surface area contributed by atoms with Crippen LogP contribution in [0.2, 0.25) is 0 Å². The third-order valence-electron chi connectivity index (χ3n) is 5.28. The average Bonchev–Trinajstić information content (AvgIpc) is 2.80. The Morgan fingerprint density at radius 3 is 2.19 bits per heavy atom. The van der Waals surface area contributed by atoms with Gasteiger partial charge in [-0.1, -0.05) is 66.7 Å². The fraction of sp³-hybridized carbons (Fsp3) is 0.192. The number of aryl methyl sites for hydroxylation is 2. The molecule has 0 saturated heterocycles. The molecule has 0 fully saturated rings. The summed E-state index contributed by atoms with van der Waals surface area (Å²) in [5.74, 6) is -2.13. The number of hydrogen-bond acceptors (Lipinski definition) is 3. The molecule has 0 bridgehead atoms. The van der Waals surface area contributed by atoms with Crippen molar-refractivity contribution in [2.75, 3.05) is 5.32 Å². The summed E-state index contributed by atoms with van der Waals surface area (Å²) in [6.07, 6.45) is 2.42. The van der Waals surface area contributed by atoms with Crippen LogP contribution in [0, 0.1) is 6.92 Å². The van der Waals surface area contributed by atoms with E-state index in [2.05, 4.69) is 22.8 Å². The van der Waals surface area contributed by atoms with Crippen molar-refractivity contribution in [3.63, 3.8) is 0 Å². The Bertz CT molecular complexity index is 1080. The molecule has 3 aromatic rings. The third-order valence-corrected chi connectivity index (χ3v) is 5.28. The van der Waals surface area contributed by atoms with Gasteiger partial charge >= 0.3 is 11.8 Å². The van der Waals surface area contributed by atoms with Gasteiger partial charge in [0.05, 0.1) is 6.04 Å². The number of nitrogens with two attached hydrogens (primary N) is 1. The maximum absolute atomic E-state index is 12.7. The largest absolute Gasteiger partial charge is 0.366 e. The molecule has 6 heteroatoms. The Morgan fingerprint density at radius 1 is 0.875 bits per heavy atom. The van der Waals surface area contributed by atoms with Crippen LogP contribution in [0.15, 0.2) is 78.9 Å². The van der Waals surface area contributed by atoms with Crippen LogP contribution in [0.25, 0.3) is 0 Å². The Hall–Kier alpha value is -3.93. The maximum atomic E-state index is 12.7. The summed E-state index contributed by atoms with van der Waals surface area (Å²) >= 11 is 0. The highest BCUT2D eigenvalue weighted by Crippen LogP contribution is 2.21. The van der Waals surface area contributed by atoms with E-state index in [1.54, 1.807) is 19.1 Å². The molecule has 1 atom stereocenters. The number of amides is 3. The molecule has 3 amide bonds. The highest BCUT2D eigenvalue weighted by atomic mass is 16.2. The van der Waals surface area contributed by atoms with Crippen molar-refractivity contribution in [3.05, 3.63) is 101 Å². The number of hydrogen-bond donors (Lipinski definition) is 3. The number of carbonyl (C=O) groups is 3. The zero-order valence-corrected chi connectivity index (χ0v) is 18.0. The third kappa shape index (κ3) is 6.28. The van der Waals surface area contributed by atoms with Gasteiger partial charge in [-0.15, -0.1) is 0 Å². The second-order valence-electron chi connectivity index (χ2n) is 7.66. The minimum Gasteiger partial charge on any atom is -0.366 e. The Kier molecular flexibility index (Phi) is 7.75. The molecular weight excluding hydrogens is 402 g/mol. The van der Waals surface area contributed by atoms with Crippen molar-refractivity contribution in [1.82, 2.24) is 5.32 Å². The molecule has 4 N–H and O–H groups in total. The molecule has 0 heterocycles. The summed E-state index contributed by atoms with van der Waals surface area (Å²) in [5, 5.41) is 5.44. The molecule has 0 spiro atoms. The summed E-state index contributed by atoms with van der Waals surface area (Å²) in [5.41, 5.74) is 8.84. The maximum Gasteiger partial charge on any atom is 0.313 e. The van der Waals surface area contributed by atoms with Gasteiger partial charge in [-0.2, -0.15) is 0 Å². The van der Waals surface area contributed by atoms with Crippen molar-refractivity contribution < 1.29 is 14.4 Å². The number of nitrogens with one attached hydrogen (secondary N) is 2. The lowest BCUT2D eigenvalue weighted by atomic mass is 9.99. The number of rotatable bonds is 8. The molecule has 32 heavy (non-hydrogen) atoms. The second kappa shape index (κ2) is 10.9. The van der Waals surface area contributed by atoms with Crippen molar-refractivity contribution in [3.8, 4) is 0 Å². The van der Waals surface area contributed by atoms with Crippen molar-refractivity contribution in [2.45, 2.75) is 32.2 Å². The number of benzene rings is 3. The smallest absolute Gasteiger partial charge is 0.313 e. The van der Waals surface area contributed by atoms with E-state index < -0.39 is 17.7 Å². The quantitative estimate of drug-likeness (QED) is 0.473. The molecule has 3 rings (SSSR count). The SMILES string of the molecule is Cc1ccc(C(N)=O)cc1NC(=O)C(=O)NC(CCCc1ccccc1)c1ccccc1. The van der Waals surface area contributed by atoms with Gasteiger partial charge in [0.2, 0.25) is 5.91 Å². The molecule has 0 aromatic heterocycles. The first kappa shape index (κ1) is 22.7. The number of anilines is 1. The summed E-state index contributed by atoms with van der Waals surface area (Å²) < 4.78 is 0. The van der Waals surface area contributed by atoms with Crippen LogP contribution in [-0.2, 0) is 16.0 Å². The van der Waals surface area contributed by atoms with Gasteiger partial charge < -0.3 is 16.4 Å². The summed E-state index contributed by atoms with van der Waals surface area (Å²) in [6.45, 7) is 1.77. The Balaban J connectivity index is 1.67. The Morgan fingerprint density at radius 2 is 1.53 bits per heavy atom. The van der Waals surface area contributed by atoms with Crippen LogP contribution >= 0.6 is 0 Å². The van der Waals surface area contributed by atoms with E-state index in [0.29, 0.717) is 12.1 Å². The van der Waals surface area contributed by atoms with Crippen LogP contribution in [0.4, 0.5) is 5.69 Å². The fourth-order valence-corrected chi connectivity index (χ4v) is 3.48. The van der Waals surface area contributed by atoms with Gasteiger partial charge in [0.25, 0.3) is 0 Å². The molecule has 164 valence electrons. The Labute approximate surface area is 187 Å². The summed E-state index contributed by atoms with van der Waals surface area (Å²) in [4.78, 5) is 36.7. The predicted molar refractivity (Wildman–Crippen MR) is 125 cm³/mol. The molecular formula is C26H27N3O3. The van der Waals surface area contributed by atoms with E-state index >= 15 is 0 Å². The minimum absolute atomic E-state index is 0.259. The van der Waals surface area contributed by atoms with Crippen LogP contribution in [0.1, 0.15) is 45.9 Å². The summed E-state index contributed by atoms with van der Waals surface area (Å²) in [6, 6.07) is 24.2. The van der Waals surface area contributed by atoms with Gasteiger partial charge in [-0.05, 0) is 55.0 Å². The van der Waals surface area contributed by atoms with E-state index in [4.69, 9.17) is 5.73 Å². The zero-order chi connectivity index (χ0) is 22.9. The number of primary amides is 1. The monoisotopic (exact) mass is 429 g/mol. The van der Waals surface area contributed by atoms with Crippen molar-refractivity contribution >= 4 is 23.4 Å². The minimum atomic E-state index is -0.793. The van der Waals surface area contributed by atoms with Gasteiger partial charge in [0.15, 0.2) is 0 Å². The van der Waals surface area contributed by atoms with E-state index in [1.165, 1.54) is 11.6 Å². The van der Waals surface area contributed by atoms with Crippen LogP contribution in [0.3, 0.4) is 0 Å². The number of carbonyl (C=O) groups excluding carboxylic acids is 3. The molecule has 0 aliphatic carbocycles. The standard InChI is InChI=1S/C26H27N3O3/c1-18-15-16-21(24(27)30)17-23(18)29-26(32)25(31)28-22(20-12-6-3-7-13-20)14-8-11-19-9-4-2-5-10-19/h2-7,9-10,12-13,15-17,22H,8,11,14H2,1H3,(H2,27,30)(H,28,31)(H,29,32). The van der Waals surface area contributed by atoms with Gasteiger partial charge in [0.1, 0.15) is 0 Å². The van der Waals surface area contributed by atoms with Crippen LogP contribution in [0.5, 0.6) is 0 Å². The topological polar surface area (TPSA) is 101 Å². The predicted octanol–water partition coefficient (Wildman–Crippen LogP) is 3.91. The molecule has 6 nitrogen and oxygen atoms in total. The fourth-order valence-electron chi connectivity index (χ4n) is 3.48. The molecule has 1 unspecified atom stereocenters. The molecule has 3 aromatic carbocycles. The average molecular weight is 430 g/mol. The lowest BCUT2D eigenvalue weighted by Gasteiger charge is -2.19. The van der Waals surface area contributed by atoms with Crippen molar-refractivity contribution in [2.24, 2.45) is 5.73 Å².